The molecule has 104 valence electrons. The van der Waals surface area contributed by atoms with E-state index in [0.29, 0.717) is 12.5 Å². The molecule has 1 aliphatic heterocycles. The van der Waals surface area contributed by atoms with Crippen LogP contribution in [0.1, 0.15) is 12.5 Å². The van der Waals surface area contributed by atoms with Crippen molar-refractivity contribution in [3.05, 3.63) is 34.9 Å². The second kappa shape index (κ2) is 5.39. The monoisotopic (exact) mass is 280 g/mol. The first-order valence-electron chi connectivity index (χ1n) is 6.42. The van der Waals surface area contributed by atoms with Crippen LogP contribution in [0.4, 0.5) is 0 Å². The molecule has 2 rings (SSSR count). The first-order chi connectivity index (χ1) is 8.93. The minimum Gasteiger partial charge on any atom is -0.370 e. The molecule has 4 nitrogen and oxygen atoms in total. The predicted octanol–water partition coefficient (Wildman–Crippen LogP) is 1.75. The van der Waals surface area contributed by atoms with Gasteiger partial charge in [-0.2, -0.15) is 0 Å². The number of hydrogen-bond donors (Lipinski definition) is 1. The van der Waals surface area contributed by atoms with E-state index in [1.165, 1.54) is 5.56 Å². The second-order valence-electron chi connectivity index (χ2n) is 5.41. The number of hydrogen-bond acceptors (Lipinski definition) is 4. The van der Waals surface area contributed by atoms with Gasteiger partial charge >= 0.3 is 0 Å². The Hall–Kier alpha value is -1.26. The molecule has 1 aliphatic rings. The number of likely N-dealkylation sites (N-methyl/N-ethyl adjacent to an activating group) is 1. The molecular weight excluding hydrogens is 260 g/mol. The van der Waals surface area contributed by atoms with Crippen molar-refractivity contribution in [3.63, 3.8) is 0 Å². The molecule has 1 aromatic rings. The summed E-state index contributed by atoms with van der Waals surface area (Å²) in [6.45, 7) is 4.67. The third kappa shape index (κ3) is 2.85. The lowest BCUT2D eigenvalue weighted by Crippen LogP contribution is -2.49. The van der Waals surface area contributed by atoms with E-state index in [4.69, 9.17) is 17.3 Å². The van der Waals surface area contributed by atoms with Gasteiger partial charge in [-0.3, -0.25) is 4.99 Å². The van der Waals surface area contributed by atoms with Gasteiger partial charge < -0.3 is 15.5 Å². The number of nitrogens with two attached hydrogens (primary N) is 1. The van der Waals surface area contributed by atoms with Crippen molar-refractivity contribution < 1.29 is 0 Å². The lowest BCUT2D eigenvalue weighted by molar-refractivity contribution is 0.205. The molecule has 1 atom stereocenters. The molecular formula is C14H21ClN4. The molecule has 2 N–H and O–H groups in total. The van der Waals surface area contributed by atoms with Gasteiger partial charge in [0.1, 0.15) is 0 Å². The molecule has 0 radical (unpaired) electrons. The van der Waals surface area contributed by atoms with E-state index in [9.17, 15) is 0 Å². The maximum atomic E-state index is 6.04. The third-order valence-electron chi connectivity index (χ3n) is 3.66. The fraction of sp³-hybridized carbons (Fsp3) is 0.500. The van der Waals surface area contributed by atoms with Gasteiger partial charge in [0.05, 0.1) is 12.1 Å². The largest absolute Gasteiger partial charge is 0.370 e. The highest BCUT2D eigenvalue weighted by atomic mass is 35.5. The zero-order chi connectivity index (χ0) is 14.0. The molecule has 1 heterocycles. The highest BCUT2D eigenvalue weighted by Crippen LogP contribution is 2.32. The van der Waals surface area contributed by atoms with Gasteiger partial charge in [0.25, 0.3) is 0 Å². The molecule has 1 aromatic carbocycles. The van der Waals surface area contributed by atoms with Gasteiger partial charge in [0, 0.05) is 18.1 Å². The number of guanidine groups is 1. The van der Waals surface area contributed by atoms with E-state index in [0.717, 1.165) is 18.1 Å². The Balaban J connectivity index is 2.23. The average Bonchev–Trinajstić information content (AvgIpc) is 2.65. The Morgan fingerprint density at radius 3 is 2.58 bits per heavy atom. The van der Waals surface area contributed by atoms with Crippen LogP contribution in [-0.2, 0) is 5.54 Å². The molecule has 0 spiro atoms. The van der Waals surface area contributed by atoms with Crippen molar-refractivity contribution in [1.82, 2.24) is 9.80 Å². The maximum Gasteiger partial charge on any atom is 0.192 e. The van der Waals surface area contributed by atoms with E-state index >= 15 is 0 Å². The van der Waals surface area contributed by atoms with Gasteiger partial charge in [-0.15, -0.1) is 0 Å². The lowest BCUT2D eigenvalue weighted by atomic mass is 9.91. The molecule has 0 saturated heterocycles. The van der Waals surface area contributed by atoms with Gasteiger partial charge in [0.2, 0.25) is 0 Å². The summed E-state index contributed by atoms with van der Waals surface area (Å²) >= 11 is 5.96. The highest BCUT2D eigenvalue weighted by Gasteiger charge is 2.39. The standard InChI is InChI=1S/C14H21ClN4/c1-14(11-4-6-12(15)7-5-11)10-17-13(16)19(14)9-8-18(2)3/h4-7H,8-10H2,1-3H3,(H2,16,17). The van der Waals surface area contributed by atoms with Crippen molar-refractivity contribution in [2.24, 2.45) is 10.7 Å². The first-order valence-corrected chi connectivity index (χ1v) is 6.79. The Morgan fingerprint density at radius 1 is 1.37 bits per heavy atom. The van der Waals surface area contributed by atoms with Crippen LogP contribution in [0.15, 0.2) is 29.3 Å². The van der Waals surface area contributed by atoms with Crippen LogP contribution >= 0.6 is 11.6 Å². The van der Waals surface area contributed by atoms with Crippen LogP contribution in [0, 0.1) is 0 Å². The van der Waals surface area contributed by atoms with Crippen LogP contribution in [0.5, 0.6) is 0 Å². The Kier molecular flexibility index (Phi) is 4.02. The van der Waals surface area contributed by atoms with Crippen LogP contribution in [0.2, 0.25) is 5.02 Å². The molecule has 1 unspecified atom stereocenters. The smallest absolute Gasteiger partial charge is 0.192 e. The number of aliphatic imine (C=N–C) groups is 1. The van der Waals surface area contributed by atoms with Gasteiger partial charge in [-0.1, -0.05) is 23.7 Å². The molecule has 0 aromatic heterocycles. The van der Waals surface area contributed by atoms with Gasteiger partial charge in [-0.25, -0.2) is 0 Å². The van der Waals surface area contributed by atoms with Crippen molar-refractivity contribution in [1.29, 1.82) is 0 Å². The Labute approximate surface area is 119 Å². The first kappa shape index (κ1) is 14.2. The summed E-state index contributed by atoms with van der Waals surface area (Å²) in [6.07, 6.45) is 0. The molecule has 0 amide bonds. The van der Waals surface area contributed by atoms with E-state index in [2.05, 4.69) is 47.9 Å². The quantitative estimate of drug-likeness (QED) is 0.914. The minimum absolute atomic E-state index is 0.176. The molecule has 0 aliphatic carbocycles. The van der Waals surface area contributed by atoms with E-state index in [1.54, 1.807) is 0 Å². The summed E-state index contributed by atoms with van der Waals surface area (Å²) in [5.41, 5.74) is 7.06. The Morgan fingerprint density at radius 2 is 2.00 bits per heavy atom. The summed E-state index contributed by atoms with van der Waals surface area (Å²) in [5, 5.41) is 0.749. The highest BCUT2D eigenvalue weighted by molar-refractivity contribution is 6.30. The average molecular weight is 281 g/mol. The minimum atomic E-state index is -0.176. The van der Waals surface area contributed by atoms with Crippen LogP contribution in [0.25, 0.3) is 0 Å². The summed E-state index contributed by atoms with van der Waals surface area (Å²) in [6, 6.07) is 7.94. The summed E-state index contributed by atoms with van der Waals surface area (Å²) in [7, 11) is 4.12. The van der Waals surface area contributed by atoms with Crippen LogP contribution in [0.3, 0.4) is 0 Å². The van der Waals surface area contributed by atoms with E-state index in [-0.39, 0.29) is 5.54 Å². The Bertz CT molecular complexity index is 469. The fourth-order valence-corrected chi connectivity index (χ4v) is 2.50. The van der Waals surface area contributed by atoms with Crippen molar-refractivity contribution in [2.45, 2.75) is 12.5 Å². The third-order valence-corrected chi connectivity index (χ3v) is 3.91. The van der Waals surface area contributed by atoms with Crippen molar-refractivity contribution >= 4 is 17.6 Å². The van der Waals surface area contributed by atoms with Gasteiger partial charge in [0.15, 0.2) is 5.96 Å². The predicted molar refractivity (Wildman–Crippen MR) is 80.6 cm³/mol. The fourth-order valence-electron chi connectivity index (χ4n) is 2.38. The maximum absolute atomic E-state index is 6.04. The number of halogens is 1. The number of nitrogens with zero attached hydrogens (tertiary/aromatic N) is 3. The molecule has 19 heavy (non-hydrogen) atoms. The van der Waals surface area contributed by atoms with Gasteiger partial charge in [-0.05, 0) is 38.7 Å². The number of rotatable bonds is 4. The molecule has 0 bridgehead atoms. The van der Waals surface area contributed by atoms with Crippen molar-refractivity contribution in [2.75, 3.05) is 33.7 Å². The lowest BCUT2D eigenvalue weighted by Gasteiger charge is -2.37. The van der Waals surface area contributed by atoms with Crippen LogP contribution in [-0.4, -0.2) is 49.5 Å². The zero-order valence-corrected chi connectivity index (χ0v) is 12.5. The SMILES string of the molecule is CN(C)CCN1C(N)=NCC1(C)c1ccc(Cl)cc1. The number of benzene rings is 1. The normalized spacial score (nSPS) is 23.0. The van der Waals surface area contributed by atoms with Crippen LogP contribution < -0.4 is 5.73 Å². The second-order valence-corrected chi connectivity index (χ2v) is 5.85. The molecule has 5 heteroatoms. The summed E-state index contributed by atoms with van der Waals surface area (Å²) < 4.78 is 0. The topological polar surface area (TPSA) is 44.9 Å². The van der Waals surface area contributed by atoms with Crippen molar-refractivity contribution in [3.8, 4) is 0 Å². The molecule has 0 saturated carbocycles. The molecule has 0 fully saturated rings. The van der Waals surface area contributed by atoms with E-state index in [1.807, 2.05) is 12.1 Å². The summed E-state index contributed by atoms with van der Waals surface area (Å²) in [5.74, 6) is 0.624. The zero-order valence-electron chi connectivity index (χ0n) is 11.7. The van der Waals surface area contributed by atoms with E-state index < -0.39 is 0 Å². The summed E-state index contributed by atoms with van der Waals surface area (Å²) in [4.78, 5) is 8.74.